The molecule has 2 aliphatic rings. The summed E-state index contributed by atoms with van der Waals surface area (Å²) in [5.74, 6) is 1.38. The summed E-state index contributed by atoms with van der Waals surface area (Å²) in [7, 11) is 1.46. The Labute approximate surface area is 130 Å². The van der Waals surface area contributed by atoms with Gasteiger partial charge in [-0.05, 0) is 25.7 Å². The second-order valence-electron chi connectivity index (χ2n) is 5.97. The van der Waals surface area contributed by atoms with E-state index in [-0.39, 0.29) is 11.9 Å². The lowest BCUT2D eigenvalue weighted by Gasteiger charge is -2.32. The zero-order chi connectivity index (χ0) is 15.4. The molecule has 22 heavy (non-hydrogen) atoms. The van der Waals surface area contributed by atoms with E-state index in [0.717, 1.165) is 63.5 Å². The second kappa shape index (κ2) is 7.05. The summed E-state index contributed by atoms with van der Waals surface area (Å²) in [4.78, 5) is 22.7. The van der Waals surface area contributed by atoms with Gasteiger partial charge in [-0.1, -0.05) is 0 Å². The van der Waals surface area contributed by atoms with Gasteiger partial charge in [0, 0.05) is 44.0 Å². The van der Waals surface area contributed by atoms with Gasteiger partial charge in [0.05, 0.1) is 13.0 Å². The normalized spacial score (nSPS) is 20.9. The van der Waals surface area contributed by atoms with Gasteiger partial charge in [0.15, 0.2) is 0 Å². The summed E-state index contributed by atoms with van der Waals surface area (Å²) in [6.45, 7) is 3.30. The van der Waals surface area contributed by atoms with Crippen molar-refractivity contribution < 1.29 is 14.3 Å². The van der Waals surface area contributed by atoms with Crippen LogP contribution in [0.5, 0.6) is 0 Å². The smallest absolute Gasteiger partial charge is 0.308 e. The molecule has 120 valence electrons. The Kier molecular flexibility index (Phi) is 4.87. The van der Waals surface area contributed by atoms with Gasteiger partial charge in [0.2, 0.25) is 0 Å². The highest BCUT2D eigenvalue weighted by Crippen LogP contribution is 2.28. The summed E-state index contributed by atoms with van der Waals surface area (Å²) in [6.07, 6.45) is 5.36. The minimum absolute atomic E-state index is 0.0260. The fraction of sp³-hybridized carbons (Fsp3) is 0.688. The molecule has 0 radical (unpaired) electrons. The Bertz CT molecular complexity index is 509. The molecule has 0 aromatic carbocycles. The lowest BCUT2D eigenvalue weighted by atomic mass is 9.95. The first-order valence-electron chi connectivity index (χ1n) is 8.00. The highest BCUT2D eigenvalue weighted by Gasteiger charge is 2.27. The summed E-state index contributed by atoms with van der Waals surface area (Å²) >= 11 is 0. The standard InChI is InChI=1S/C16H23N3O3/c1-21-16(20)13-2-6-19(7-3-13)15-10-14(17-11-18-15)12-4-8-22-9-5-12/h10-13H,2-9H2,1H3. The number of hydrogen-bond donors (Lipinski definition) is 0. The summed E-state index contributed by atoms with van der Waals surface area (Å²) in [6, 6.07) is 2.11. The van der Waals surface area contributed by atoms with E-state index in [4.69, 9.17) is 9.47 Å². The summed E-state index contributed by atoms with van der Waals surface area (Å²) < 4.78 is 10.2. The number of aromatic nitrogens is 2. The Morgan fingerprint density at radius 1 is 1.23 bits per heavy atom. The lowest BCUT2D eigenvalue weighted by molar-refractivity contribution is -0.146. The predicted molar refractivity (Wildman–Crippen MR) is 81.8 cm³/mol. The maximum Gasteiger partial charge on any atom is 0.308 e. The number of rotatable bonds is 3. The van der Waals surface area contributed by atoms with E-state index in [1.54, 1.807) is 6.33 Å². The number of methoxy groups -OCH3 is 1. The van der Waals surface area contributed by atoms with Gasteiger partial charge < -0.3 is 14.4 Å². The van der Waals surface area contributed by atoms with Crippen LogP contribution in [0.1, 0.15) is 37.3 Å². The highest BCUT2D eigenvalue weighted by atomic mass is 16.5. The number of nitrogens with zero attached hydrogens (tertiary/aromatic N) is 3. The van der Waals surface area contributed by atoms with Crippen molar-refractivity contribution in [1.82, 2.24) is 9.97 Å². The van der Waals surface area contributed by atoms with Crippen molar-refractivity contribution in [2.45, 2.75) is 31.6 Å². The molecule has 6 heteroatoms. The van der Waals surface area contributed by atoms with E-state index in [2.05, 4.69) is 20.9 Å². The van der Waals surface area contributed by atoms with Gasteiger partial charge in [-0.25, -0.2) is 9.97 Å². The zero-order valence-corrected chi connectivity index (χ0v) is 13.0. The van der Waals surface area contributed by atoms with Crippen LogP contribution >= 0.6 is 0 Å². The third-order valence-corrected chi connectivity index (χ3v) is 4.67. The number of carbonyl (C=O) groups is 1. The fourth-order valence-corrected chi connectivity index (χ4v) is 3.26. The number of carbonyl (C=O) groups excluding carboxylic acids is 1. The van der Waals surface area contributed by atoms with E-state index < -0.39 is 0 Å². The molecule has 6 nitrogen and oxygen atoms in total. The van der Waals surface area contributed by atoms with Crippen LogP contribution in [-0.4, -0.2) is 49.4 Å². The molecule has 2 aliphatic heterocycles. The van der Waals surface area contributed by atoms with Crippen LogP contribution < -0.4 is 4.90 Å². The van der Waals surface area contributed by atoms with E-state index in [1.165, 1.54) is 7.11 Å². The van der Waals surface area contributed by atoms with Gasteiger partial charge in [-0.3, -0.25) is 4.79 Å². The molecule has 0 N–H and O–H groups in total. The number of esters is 1. The molecule has 2 fully saturated rings. The van der Waals surface area contributed by atoms with Crippen LogP contribution in [-0.2, 0) is 14.3 Å². The van der Waals surface area contributed by atoms with Gasteiger partial charge in [0.1, 0.15) is 12.1 Å². The number of anilines is 1. The lowest BCUT2D eigenvalue weighted by Crippen LogP contribution is -2.37. The molecule has 1 aromatic heterocycles. The number of piperidine rings is 1. The first kappa shape index (κ1) is 15.2. The molecule has 0 unspecified atom stereocenters. The predicted octanol–water partition coefficient (Wildman–Crippen LogP) is 1.76. The van der Waals surface area contributed by atoms with Crippen LogP contribution in [0.3, 0.4) is 0 Å². The first-order valence-corrected chi connectivity index (χ1v) is 8.00. The average Bonchev–Trinajstić information content (AvgIpc) is 2.62. The Balaban J connectivity index is 1.64. The van der Waals surface area contributed by atoms with Crippen molar-refractivity contribution >= 4 is 11.8 Å². The largest absolute Gasteiger partial charge is 0.469 e. The second-order valence-corrected chi connectivity index (χ2v) is 5.97. The molecule has 1 aromatic rings. The fourth-order valence-electron chi connectivity index (χ4n) is 3.26. The average molecular weight is 305 g/mol. The molecular weight excluding hydrogens is 282 g/mol. The number of ether oxygens (including phenoxy) is 2. The van der Waals surface area contributed by atoms with Gasteiger partial charge in [0.25, 0.3) is 0 Å². The van der Waals surface area contributed by atoms with Gasteiger partial charge in [-0.2, -0.15) is 0 Å². The molecule has 3 rings (SSSR count). The van der Waals surface area contributed by atoms with Crippen molar-refractivity contribution in [2.24, 2.45) is 5.92 Å². The number of hydrogen-bond acceptors (Lipinski definition) is 6. The Morgan fingerprint density at radius 3 is 2.64 bits per heavy atom. The minimum atomic E-state index is -0.0924. The Hall–Kier alpha value is -1.69. The molecule has 3 heterocycles. The van der Waals surface area contributed by atoms with E-state index in [0.29, 0.717) is 5.92 Å². The van der Waals surface area contributed by atoms with Crippen molar-refractivity contribution in [3.8, 4) is 0 Å². The third kappa shape index (κ3) is 3.38. The van der Waals surface area contributed by atoms with Crippen LogP contribution in [0.4, 0.5) is 5.82 Å². The highest BCUT2D eigenvalue weighted by molar-refractivity contribution is 5.72. The molecule has 0 saturated carbocycles. The van der Waals surface area contributed by atoms with Crippen LogP contribution in [0.15, 0.2) is 12.4 Å². The Morgan fingerprint density at radius 2 is 1.95 bits per heavy atom. The SMILES string of the molecule is COC(=O)C1CCN(c2cc(C3CCOCC3)ncn2)CC1. The summed E-state index contributed by atoms with van der Waals surface area (Å²) in [5, 5.41) is 0. The summed E-state index contributed by atoms with van der Waals surface area (Å²) in [5.41, 5.74) is 1.11. The first-order chi connectivity index (χ1) is 10.8. The van der Waals surface area contributed by atoms with E-state index in [9.17, 15) is 4.79 Å². The maximum atomic E-state index is 11.6. The molecule has 2 saturated heterocycles. The maximum absolute atomic E-state index is 11.6. The van der Waals surface area contributed by atoms with Crippen molar-refractivity contribution in [2.75, 3.05) is 38.3 Å². The van der Waals surface area contributed by atoms with Crippen LogP contribution in [0, 0.1) is 5.92 Å². The van der Waals surface area contributed by atoms with Crippen LogP contribution in [0.25, 0.3) is 0 Å². The molecule has 0 atom stereocenters. The van der Waals surface area contributed by atoms with Crippen LogP contribution in [0.2, 0.25) is 0 Å². The van der Waals surface area contributed by atoms with E-state index in [1.807, 2.05) is 0 Å². The molecule has 0 bridgehead atoms. The third-order valence-electron chi connectivity index (χ3n) is 4.67. The zero-order valence-electron chi connectivity index (χ0n) is 13.0. The van der Waals surface area contributed by atoms with Crippen molar-refractivity contribution in [1.29, 1.82) is 0 Å². The molecule has 0 spiro atoms. The van der Waals surface area contributed by atoms with Gasteiger partial charge in [-0.15, -0.1) is 0 Å². The topological polar surface area (TPSA) is 64.5 Å². The van der Waals surface area contributed by atoms with Crippen molar-refractivity contribution in [3.63, 3.8) is 0 Å². The quantitative estimate of drug-likeness (QED) is 0.793. The minimum Gasteiger partial charge on any atom is -0.469 e. The van der Waals surface area contributed by atoms with E-state index >= 15 is 0 Å². The monoisotopic (exact) mass is 305 g/mol. The molecule has 0 aliphatic carbocycles. The molecule has 0 amide bonds. The van der Waals surface area contributed by atoms with Gasteiger partial charge >= 0.3 is 5.97 Å². The van der Waals surface area contributed by atoms with Crippen molar-refractivity contribution in [3.05, 3.63) is 18.1 Å². The molecular formula is C16H23N3O3.